The molecule has 0 atom stereocenters. The van der Waals surface area contributed by atoms with Gasteiger partial charge in [-0.15, -0.1) is 11.3 Å². The van der Waals surface area contributed by atoms with E-state index in [4.69, 9.17) is 0 Å². The van der Waals surface area contributed by atoms with Crippen LogP contribution in [0.4, 0.5) is 17.1 Å². The fraction of sp³-hybridized carbons (Fsp3) is 0. The highest BCUT2D eigenvalue weighted by molar-refractivity contribution is 7.25. The SMILES string of the molecule is c1ccc(-c2cccc(N(c3ccccc3)c3ccc4c(c3)sc3ccccc34)c2-c2ccccc2)cc1. The van der Waals surface area contributed by atoms with Crippen molar-refractivity contribution in [3.8, 4) is 22.3 Å². The summed E-state index contributed by atoms with van der Waals surface area (Å²) >= 11 is 1.86. The molecule has 7 rings (SSSR count). The van der Waals surface area contributed by atoms with Crippen LogP contribution in [-0.2, 0) is 0 Å². The summed E-state index contributed by atoms with van der Waals surface area (Å²) in [6.45, 7) is 0. The highest BCUT2D eigenvalue weighted by Crippen LogP contribution is 2.46. The van der Waals surface area contributed by atoms with Crippen molar-refractivity contribution in [3.63, 3.8) is 0 Å². The van der Waals surface area contributed by atoms with Gasteiger partial charge in [-0.25, -0.2) is 0 Å². The lowest BCUT2D eigenvalue weighted by Gasteiger charge is -2.29. The molecule has 1 aromatic heterocycles. The average molecular weight is 504 g/mol. The van der Waals surface area contributed by atoms with Gasteiger partial charge in [-0.3, -0.25) is 0 Å². The first-order chi connectivity index (χ1) is 18.9. The fourth-order valence-corrected chi connectivity index (χ4v) is 6.49. The van der Waals surface area contributed by atoms with Gasteiger partial charge < -0.3 is 4.90 Å². The standard InChI is InChI=1S/C36H25NS/c1-4-13-26(14-5-1)30-20-12-21-33(36(30)27-15-6-2-7-16-27)37(28-17-8-3-9-18-28)29-23-24-32-31-19-10-11-22-34(31)38-35(32)25-29/h1-25H. The number of rotatable bonds is 5. The Balaban J connectivity index is 1.51. The minimum absolute atomic E-state index is 1.13. The van der Waals surface area contributed by atoms with Crippen LogP contribution >= 0.6 is 11.3 Å². The minimum Gasteiger partial charge on any atom is -0.310 e. The van der Waals surface area contributed by atoms with Crippen molar-refractivity contribution in [1.82, 2.24) is 0 Å². The van der Waals surface area contributed by atoms with Crippen molar-refractivity contribution in [2.45, 2.75) is 0 Å². The Morgan fingerprint density at radius 2 is 1.05 bits per heavy atom. The Labute approximate surface area is 226 Å². The van der Waals surface area contributed by atoms with Crippen molar-refractivity contribution in [2.24, 2.45) is 0 Å². The summed E-state index contributed by atoms with van der Waals surface area (Å²) in [5.74, 6) is 0. The molecule has 0 amide bonds. The highest BCUT2D eigenvalue weighted by atomic mass is 32.1. The molecule has 0 unspecified atom stereocenters. The van der Waals surface area contributed by atoms with Gasteiger partial charge >= 0.3 is 0 Å². The van der Waals surface area contributed by atoms with Crippen LogP contribution in [0, 0.1) is 0 Å². The van der Waals surface area contributed by atoms with E-state index in [0.717, 1.165) is 17.1 Å². The molecular weight excluding hydrogens is 478 g/mol. The molecule has 0 fully saturated rings. The Morgan fingerprint density at radius 3 is 1.82 bits per heavy atom. The first-order valence-electron chi connectivity index (χ1n) is 12.9. The van der Waals surface area contributed by atoms with Crippen molar-refractivity contribution < 1.29 is 0 Å². The van der Waals surface area contributed by atoms with E-state index in [1.807, 2.05) is 11.3 Å². The number of hydrogen-bond donors (Lipinski definition) is 0. The Morgan fingerprint density at radius 1 is 0.421 bits per heavy atom. The zero-order valence-corrected chi connectivity index (χ0v) is 21.6. The molecule has 6 aromatic carbocycles. The summed E-state index contributed by atoms with van der Waals surface area (Å²) in [6.07, 6.45) is 0. The van der Waals surface area contributed by atoms with E-state index in [1.165, 1.54) is 42.4 Å². The van der Waals surface area contributed by atoms with Crippen molar-refractivity contribution in [2.75, 3.05) is 4.90 Å². The molecule has 0 saturated carbocycles. The van der Waals surface area contributed by atoms with Crippen LogP contribution in [0.2, 0.25) is 0 Å². The van der Waals surface area contributed by atoms with Gasteiger partial charge in [-0.05, 0) is 53.1 Å². The Hall–Kier alpha value is -4.66. The van der Waals surface area contributed by atoms with Gasteiger partial charge in [0, 0.05) is 37.1 Å². The molecule has 1 heterocycles. The van der Waals surface area contributed by atoms with Crippen LogP contribution in [0.5, 0.6) is 0 Å². The summed E-state index contributed by atoms with van der Waals surface area (Å²) < 4.78 is 2.62. The largest absolute Gasteiger partial charge is 0.310 e. The smallest absolute Gasteiger partial charge is 0.0546 e. The van der Waals surface area contributed by atoms with Gasteiger partial charge in [-0.2, -0.15) is 0 Å². The van der Waals surface area contributed by atoms with Gasteiger partial charge in [0.15, 0.2) is 0 Å². The predicted octanol–water partition coefficient (Wildman–Crippen LogP) is 10.9. The molecule has 0 aliphatic carbocycles. The molecule has 2 heteroatoms. The Bertz CT molecular complexity index is 1850. The highest BCUT2D eigenvalue weighted by Gasteiger charge is 2.21. The number of anilines is 3. The molecule has 0 bridgehead atoms. The van der Waals surface area contributed by atoms with E-state index in [9.17, 15) is 0 Å². The van der Waals surface area contributed by atoms with Crippen molar-refractivity contribution in [3.05, 3.63) is 152 Å². The van der Waals surface area contributed by atoms with Gasteiger partial charge in [0.2, 0.25) is 0 Å². The molecule has 38 heavy (non-hydrogen) atoms. The molecule has 1 nitrogen and oxygen atoms in total. The van der Waals surface area contributed by atoms with E-state index in [2.05, 4.69) is 157 Å². The minimum atomic E-state index is 1.13. The van der Waals surface area contributed by atoms with Crippen LogP contribution in [0.15, 0.2) is 152 Å². The molecule has 180 valence electrons. The lowest BCUT2D eigenvalue weighted by Crippen LogP contribution is -2.11. The third-order valence-electron chi connectivity index (χ3n) is 7.07. The zero-order valence-electron chi connectivity index (χ0n) is 20.8. The van der Waals surface area contributed by atoms with Gasteiger partial charge in [0.25, 0.3) is 0 Å². The molecule has 0 radical (unpaired) electrons. The topological polar surface area (TPSA) is 3.24 Å². The van der Waals surface area contributed by atoms with Crippen molar-refractivity contribution in [1.29, 1.82) is 0 Å². The quantitative estimate of drug-likeness (QED) is 0.226. The summed E-state index contributed by atoms with van der Waals surface area (Å²) in [6, 6.07) is 54.4. The molecule has 0 spiro atoms. The number of para-hydroxylation sites is 1. The molecule has 0 aliphatic rings. The number of hydrogen-bond acceptors (Lipinski definition) is 2. The lowest BCUT2D eigenvalue weighted by molar-refractivity contribution is 1.29. The summed E-state index contributed by atoms with van der Waals surface area (Å²) in [4.78, 5) is 2.40. The number of nitrogens with zero attached hydrogens (tertiary/aromatic N) is 1. The van der Waals surface area contributed by atoms with E-state index in [0.29, 0.717) is 0 Å². The second kappa shape index (κ2) is 9.66. The third-order valence-corrected chi connectivity index (χ3v) is 8.20. The molecule has 0 saturated heterocycles. The first kappa shape index (κ1) is 22.5. The van der Waals surface area contributed by atoms with E-state index >= 15 is 0 Å². The monoisotopic (exact) mass is 503 g/mol. The van der Waals surface area contributed by atoms with Crippen LogP contribution in [0.25, 0.3) is 42.4 Å². The second-order valence-corrected chi connectivity index (χ2v) is 10.5. The van der Waals surface area contributed by atoms with Crippen LogP contribution in [0.1, 0.15) is 0 Å². The van der Waals surface area contributed by atoms with Crippen LogP contribution in [-0.4, -0.2) is 0 Å². The summed E-state index contributed by atoms with van der Waals surface area (Å²) in [5.41, 5.74) is 8.29. The molecule has 0 N–H and O–H groups in total. The predicted molar refractivity (Wildman–Crippen MR) is 165 cm³/mol. The van der Waals surface area contributed by atoms with Gasteiger partial charge in [0.1, 0.15) is 0 Å². The third kappa shape index (κ3) is 3.96. The van der Waals surface area contributed by atoms with Gasteiger partial charge in [0.05, 0.1) is 5.69 Å². The summed E-state index contributed by atoms with van der Waals surface area (Å²) in [5, 5.41) is 2.63. The van der Waals surface area contributed by atoms with Crippen LogP contribution in [0.3, 0.4) is 0 Å². The average Bonchev–Trinajstić information content (AvgIpc) is 3.37. The normalized spacial score (nSPS) is 11.2. The maximum atomic E-state index is 2.40. The Kier molecular flexibility index (Phi) is 5.73. The van der Waals surface area contributed by atoms with E-state index in [1.54, 1.807) is 0 Å². The second-order valence-electron chi connectivity index (χ2n) is 9.38. The maximum absolute atomic E-state index is 2.40. The van der Waals surface area contributed by atoms with E-state index in [-0.39, 0.29) is 0 Å². The number of fused-ring (bicyclic) bond motifs is 3. The molecular formula is C36H25NS. The first-order valence-corrected chi connectivity index (χ1v) is 13.7. The zero-order chi connectivity index (χ0) is 25.3. The lowest BCUT2D eigenvalue weighted by atomic mass is 9.92. The summed E-state index contributed by atoms with van der Waals surface area (Å²) in [7, 11) is 0. The number of thiophene rings is 1. The molecule has 0 aliphatic heterocycles. The maximum Gasteiger partial charge on any atom is 0.0546 e. The fourth-order valence-electron chi connectivity index (χ4n) is 5.35. The van der Waals surface area contributed by atoms with Crippen molar-refractivity contribution >= 4 is 48.6 Å². The van der Waals surface area contributed by atoms with Gasteiger partial charge in [-0.1, -0.05) is 115 Å². The molecule has 7 aromatic rings. The van der Waals surface area contributed by atoms with E-state index < -0.39 is 0 Å². The van der Waals surface area contributed by atoms with Crippen LogP contribution < -0.4 is 4.90 Å². The number of benzene rings is 6.